The quantitative estimate of drug-likeness (QED) is 0.680. The van der Waals surface area contributed by atoms with Gasteiger partial charge in [-0.1, -0.05) is 23.2 Å². The topological polar surface area (TPSA) is 49.4 Å². The average molecular weight is 463 g/mol. The van der Waals surface area contributed by atoms with E-state index in [-0.39, 0.29) is 11.8 Å². The molecule has 4 nitrogen and oxygen atoms in total. The monoisotopic (exact) mass is 462 g/mol. The van der Waals surface area contributed by atoms with E-state index in [2.05, 4.69) is 27.9 Å². The number of carbonyl (C=O) groups excluding carboxylic acids is 2. The van der Waals surface area contributed by atoms with Gasteiger partial charge < -0.3 is 10.2 Å². The maximum atomic E-state index is 12.4. The number of halogens is 3. The second kappa shape index (κ2) is 7.51. The molecule has 0 radical (unpaired) electrons. The molecule has 120 valence electrons. The summed E-state index contributed by atoms with van der Waals surface area (Å²) in [7, 11) is 3.27. The summed E-state index contributed by atoms with van der Waals surface area (Å²) in [6, 6.07) is 9.86. The molecule has 7 heteroatoms. The third-order valence-electron chi connectivity index (χ3n) is 3.03. The molecule has 0 saturated heterocycles. The summed E-state index contributed by atoms with van der Waals surface area (Å²) in [5.74, 6) is -0.536. The maximum Gasteiger partial charge on any atom is 0.256 e. The normalized spacial score (nSPS) is 10.3. The van der Waals surface area contributed by atoms with Gasteiger partial charge in [0.15, 0.2) is 0 Å². The summed E-state index contributed by atoms with van der Waals surface area (Å²) < 4.78 is 0.781. The van der Waals surface area contributed by atoms with Gasteiger partial charge in [0.25, 0.3) is 11.8 Å². The molecule has 0 spiro atoms. The first kappa shape index (κ1) is 18.0. The SMILES string of the molecule is CN(C)C(=O)c1cc(NC(=O)c2cc(Cl)ccc2I)ccc1Cl. The van der Waals surface area contributed by atoms with Crippen LogP contribution in [0.2, 0.25) is 10.0 Å². The molecule has 0 aromatic heterocycles. The minimum atomic E-state index is -0.303. The van der Waals surface area contributed by atoms with Crippen molar-refractivity contribution in [3.05, 3.63) is 61.1 Å². The van der Waals surface area contributed by atoms with Gasteiger partial charge in [-0.3, -0.25) is 9.59 Å². The molecule has 0 aliphatic rings. The second-order valence-electron chi connectivity index (χ2n) is 4.97. The summed E-state index contributed by atoms with van der Waals surface area (Å²) in [4.78, 5) is 25.9. The molecule has 2 aromatic rings. The second-order valence-corrected chi connectivity index (χ2v) is 6.98. The van der Waals surface area contributed by atoms with Crippen LogP contribution in [0.4, 0.5) is 5.69 Å². The van der Waals surface area contributed by atoms with E-state index in [0.717, 1.165) is 3.57 Å². The fourth-order valence-electron chi connectivity index (χ4n) is 1.88. The molecule has 2 aromatic carbocycles. The van der Waals surface area contributed by atoms with Crippen LogP contribution >= 0.6 is 45.8 Å². The van der Waals surface area contributed by atoms with Gasteiger partial charge in [0.2, 0.25) is 0 Å². The summed E-state index contributed by atoms with van der Waals surface area (Å²) in [6.45, 7) is 0. The predicted octanol–water partition coefficient (Wildman–Crippen LogP) is 4.55. The van der Waals surface area contributed by atoms with Crippen molar-refractivity contribution >= 4 is 63.3 Å². The van der Waals surface area contributed by atoms with Crippen LogP contribution in [0.5, 0.6) is 0 Å². The molecule has 0 unspecified atom stereocenters. The van der Waals surface area contributed by atoms with E-state index in [1.54, 1.807) is 50.5 Å². The number of amides is 2. The molecule has 23 heavy (non-hydrogen) atoms. The van der Waals surface area contributed by atoms with Gasteiger partial charge in [-0.25, -0.2) is 0 Å². The van der Waals surface area contributed by atoms with Crippen molar-refractivity contribution in [1.82, 2.24) is 4.90 Å². The Morgan fingerprint density at radius 3 is 2.39 bits per heavy atom. The van der Waals surface area contributed by atoms with Gasteiger partial charge in [0.05, 0.1) is 16.1 Å². The molecule has 0 fully saturated rings. The van der Waals surface area contributed by atoms with Gasteiger partial charge in [-0.05, 0) is 59.0 Å². The number of anilines is 1. The molecule has 0 heterocycles. The fourth-order valence-corrected chi connectivity index (χ4v) is 2.83. The van der Waals surface area contributed by atoms with Crippen molar-refractivity contribution in [1.29, 1.82) is 0 Å². The van der Waals surface area contributed by atoms with E-state index in [9.17, 15) is 9.59 Å². The van der Waals surface area contributed by atoms with E-state index in [0.29, 0.717) is 26.9 Å². The van der Waals surface area contributed by atoms with Crippen LogP contribution < -0.4 is 5.32 Å². The standard InChI is InChI=1S/C16H13Cl2IN2O2/c1-21(2)16(23)11-8-10(4-5-13(11)18)20-15(22)12-7-9(17)3-6-14(12)19/h3-8H,1-2H3,(H,20,22). The Kier molecular flexibility index (Phi) is 5.89. The van der Waals surface area contributed by atoms with Crippen molar-refractivity contribution in [2.24, 2.45) is 0 Å². The Morgan fingerprint density at radius 2 is 1.74 bits per heavy atom. The van der Waals surface area contributed by atoms with Crippen LogP contribution in [-0.4, -0.2) is 30.8 Å². The van der Waals surface area contributed by atoms with Gasteiger partial charge in [-0.15, -0.1) is 0 Å². The lowest BCUT2D eigenvalue weighted by atomic mass is 10.1. The average Bonchev–Trinajstić information content (AvgIpc) is 2.50. The molecular formula is C16H13Cl2IN2O2. The molecule has 1 N–H and O–H groups in total. The molecular weight excluding hydrogens is 450 g/mol. The predicted molar refractivity (Wildman–Crippen MR) is 102 cm³/mol. The first-order valence-corrected chi connectivity index (χ1v) is 8.40. The summed E-state index contributed by atoms with van der Waals surface area (Å²) in [5, 5.41) is 3.57. The lowest BCUT2D eigenvalue weighted by Gasteiger charge is -2.13. The largest absolute Gasteiger partial charge is 0.345 e. The maximum absolute atomic E-state index is 12.4. The third kappa shape index (κ3) is 4.37. The first-order chi connectivity index (χ1) is 10.8. The van der Waals surface area contributed by atoms with Gasteiger partial charge >= 0.3 is 0 Å². The third-order valence-corrected chi connectivity index (χ3v) is 4.54. The molecule has 2 rings (SSSR count). The van der Waals surface area contributed by atoms with E-state index in [4.69, 9.17) is 23.2 Å². The highest BCUT2D eigenvalue weighted by Crippen LogP contribution is 2.23. The van der Waals surface area contributed by atoms with E-state index in [1.807, 2.05) is 0 Å². The minimum absolute atomic E-state index is 0.233. The lowest BCUT2D eigenvalue weighted by molar-refractivity contribution is 0.0827. The molecule has 0 saturated carbocycles. The highest BCUT2D eigenvalue weighted by atomic mass is 127. The number of hydrogen-bond acceptors (Lipinski definition) is 2. The van der Waals surface area contributed by atoms with Crippen LogP contribution in [0.3, 0.4) is 0 Å². The lowest BCUT2D eigenvalue weighted by Crippen LogP contribution is -2.22. The van der Waals surface area contributed by atoms with E-state index in [1.165, 1.54) is 4.90 Å². The molecule has 0 bridgehead atoms. The number of rotatable bonds is 3. The van der Waals surface area contributed by atoms with E-state index < -0.39 is 0 Å². The molecule has 0 atom stereocenters. The van der Waals surface area contributed by atoms with Crippen LogP contribution in [0, 0.1) is 3.57 Å². The number of hydrogen-bond donors (Lipinski definition) is 1. The van der Waals surface area contributed by atoms with E-state index >= 15 is 0 Å². The van der Waals surface area contributed by atoms with Gasteiger partial charge in [0, 0.05) is 28.4 Å². The zero-order chi connectivity index (χ0) is 17.1. The fraction of sp³-hybridized carbons (Fsp3) is 0.125. The van der Waals surface area contributed by atoms with Crippen LogP contribution in [0.1, 0.15) is 20.7 Å². The Labute approximate surface area is 157 Å². The van der Waals surface area contributed by atoms with Crippen molar-refractivity contribution < 1.29 is 9.59 Å². The van der Waals surface area contributed by atoms with Crippen molar-refractivity contribution in [2.45, 2.75) is 0 Å². The Balaban J connectivity index is 2.30. The zero-order valence-corrected chi connectivity index (χ0v) is 16.0. The highest BCUT2D eigenvalue weighted by molar-refractivity contribution is 14.1. The van der Waals surface area contributed by atoms with Gasteiger partial charge in [-0.2, -0.15) is 0 Å². The molecule has 2 amide bonds. The zero-order valence-electron chi connectivity index (χ0n) is 12.4. The minimum Gasteiger partial charge on any atom is -0.345 e. The smallest absolute Gasteiger partial charge is 0.256 e. The van der Waals surface area contributed by atoms with Crippen molar-refractivity contribution in [2.75, 3.05) is 19.4 Å². The summed E-state index contributed by atoms with van der Waals surface area (Å²) in [5.41, 5.74) is 1.28. The molecule has 0 aliphatic heterocycles. The Bertz CT molecular complexity index is 779. The number of benzene rings is 2. The number of carbonyl (C=O) groups is 2. The summed E-state index contributed by atoms with van der Waals surface area (Å²) in [6.07, 6.45) is 0. The van der Waals surface area contributed by atoms with Gasteiger partial charge in [0.1, 0.15) is 0 Å². The van der Waals surface area contributed by atoms with Crippen LogP contribution in [0.25, 0.3) is 0 Å². The number of nitrogens with zero attached hydrogens (tertiary/aromatic N) is 1. The highest BCUT2D eigenvalue weighted by Gasteiger charge is 2.15. The summed E-state index contributed by atoms with van der Waals surface area (Å²) >= 11 is 14.1. The molecule has 0 aliphatic carbocycles. The Hall–Kier alpha value is -1.31. The van der Waals surface area contributed by atoms with Crippen molar-refractivity contribution in [3.8, 4) is 0 Å². The van der Waals surface area contributed by atoms with Crippen LogP contribution in [0.15, 0.2) is 36.4 Å². The van der Waals surface area contributed by atoms with Crippen LogP contribution in [-0.2, 0) is 0 Å². The van der Waals surface area contributed by atoms with Crippen molar-refractivity contribution in [3.63, 3.8) is 0 Å². The first-order valence-electron chi connectivity index (χ1n) is 6.57. The Morgan fingerprint density at radius 1 is 1.04 bits per heavy atom. The number of nitrogens with one attached hydrogen (secondary N) is 1.